The van der Waals surface area contributed by atoms with Crippen LogP contribution >= 0.6 is 0 Å². The molecule has 0 radical (unpaired) electrons. The summed E-state index contributed by atoms with van der Waals surface area (Å²) in [6.07, 6.45) is 2.36. The molecule has 0 spiro atoms. The van der Waals surface area contributed by atoms with Crippen molar-refractivity contribution < 1.29 is 14.0 Å². The first kappa shape index (κ1) is 19.5. The highest BCUT2D eigenvalue weighted by Crippen LogP contribution is 2.33. The standard InChI is InChI=1S/C19H19FN2O2.C2H6/c1-12(17-9-10-19(21)24-22-17)13-7-8-14(16(20)11-13)15-5-3-4-6-18(15)23-2;1-2/h3-8,10-12H,9,21H2,1-2H3;1-2H3. The van der Waals surface area contributed by atoms with E-state index in [0.29, 0.717) is 23.6 Å². The molecule has 1 heterocycles. The zero-order valence-corrected chi connectivity index (χ0v) is 15.6. The molecular weight excluding hydrogens is 331 g/mol. The van der Waals surface area contributed by atoms with Gasteiger partial charge in [-0.2, -0.15) is 0 Å². The predicted octanol–water partition coefficient (Wildman–Crippen LogP) is 5.21. The summed E-state index contributed by atoms with van der Waals surface area (Å²) in [7, 11) is 1.58. The van der Waals surface area contributed by atoms with Gasteiger partial charge >= 0.3 is 0 Å². The van der Waals surface area contributed by atoms with E-state index in [9.17, 15) is 4.39 Å². The van der Waals surface area contributed by atoms with Crippen LogP contribution in [-0.4, -0.2) is 12.8 Å². The van der Waals surface area contributed by atoms with Crippen LogP contribution < -0.4 is 10.5 Å². The molecule has 1 atom stereocenters. The molecule has 1 aliphatic heterocycles. The van der Waals surface area contributed by atoms with Crippen molar-refractivity contribution in [2.75, 3.05) is 7.11 Å². The molecule has 0 saturated heterocycles. The lowest BCUT2D eigenvalue weighted by Crippen LogP contribution is -2.15. The number of allylic oxidation sites excluding steroid dienone is 1. The molecule has 0 saturated carbocycles. The van der Waals surface area contributed by atoms with Gasteiger partial charge in [0.1, 0.15) is 11.6 Å². The third kappa shape index (κ3) is 4.23. The first-order chi connectivity index (χ1) is 12.6. The molecule has 0 aromatic heterocycles. The van der Waals surface area contributed by atoms with Crippen molar-refractivity contribution >= 4 is 5.71 Å². The van der Waals surface area contributed by atoms with E-state index in [4.69, 9.17) is 15.3 Å². The van der Waals surface area contributed by atoms with E-state index in [1.165, 1.54) is 6.07 Å². The number of methoxy groups -OCH3 is 1. The van der Waals surface area contributed by atoms with Gasteiger partial charge < -0.3 is 15.3 Å². The number of hydrogen-bond acceptors (Lipinski definition) is 4. The Labute approximate surface area is 154 Å². The molecule has 26 heavy (non-hydrogen) atoms. The first-order valence-corrected chi connectivity index (χ1v) is 8.72. The van der Waals surface area contributed by atoms with E-state index in [2.05, 4.69) is 5.16 Å². The van der Waals surface area contributed by atoms with E-state index in [1.54, 1.807) is 19.3 Å². The molecule has 0 amide bonds. The van der Waals surface area contributed by atoms with Gasteiger partial charge in [0.25, 0.3) is 0 Å². The Morgan fingerprint density at radius 2 is 1.88 bits per heavy atom. The lowest BCUT2D eigenvalue weighted by molar-refractivity contribution is 0.216. The monoisotopic (exact) mass is 356 g/mol. The van der Waals surface area contributed by atoms with E-state index >= 15 is 0 Å². The van der Waals surface area contributed by atoms with Gasteiger partial charge in [0.15, 0.2) is 0 Å². The van der Waals surface area contributed by atoms with Crippen LogP contribution in [0.2, 0.25) is 0 Å². The van der Waals surface area contributed by atoms with Gasteiger partial charge in [-0.25, -0.2) is 4.39 Å². The van der Waals surface area contributed by atoms with Gasteiger partial charge in [0.2, 0.25) is 5.88 Å². The highest BCUT2D eigenvalue weighted by Gasteiger charge is 2.18. The van der Waals surface area contributed by atoms with Crippen molar-refractivity contribution in [3.8, 4) is 16.9 Å². The van der Waals surface area contributed by atoms with Crippen molar-refractivity contribution in [1.82, 2.24) is 0 Å². The summed E-state index contributed by atoms with van der Waals surface area (Å²) >= 11 is 0. The van der Waals surface area contributed by atoms with E-state index in [1.807, 2.05) is 51.1 Å². The Morgan fingerprint density at radius 1 is 1.15 bits per heavy atom. The van der Waals surface area contributed by atoms with E-state index in [-0.39, 0.29) is 11.7 Å². The number of rotatable bonds is 4. The molecule has 4 nitrogen and oxygen atoms in total. The number of hydrogen-bond donors (Lipinski definition) is 1. The Hall–Kier alpha value is -2.82. The van der Waals surface area contributed by atoms with Gasteiger partial charge in [-0.05, 0) is 23.8 Å². The number of nitrogens with zero attached hydrogens (tertiary/aromatic N) is 1. The lowest BCUT2D eigenvalue weighted by Gasteiger charge is -2.17. The summed E-state index contributed by atoms with van der Waals surface area (Å²) in [5.74, 6) is 0.582. The van der Waals surface area contributed by atoms with Crippen molar-refractivity contribution in [2.45, 2.75) is 33.1 Å². The number of nitrogens with two attached hydrogens (primary N) is 1. The summed E-state index contributed by atoms with van der Waals surface area (Å²) in [4.78, 5) is 5.00. The molecule has 0 bridgehead atoms. The molecule has 0 fully saturated rings. The molecular formula is C21H25FN2O2. The lowest BCUT2D eigenvalue weighted by atomic mass is 9.92. The molecule has 5 heteroatoms. The highest BCUT2D eigenvalue weighted by atomic mass is 19.1. The Morgan fingerprint density at radius 3 is 2.50 bits per heavy atom. The average Bonchev–Trinajstić information content (AvgIpc) is 2.69. The summed E-state index contributed by atoms with van der Waals surface area (Å²) in [6, 6.07) is 12.6. The van der Waals surface area contributed by atoms with Crippen molar-refractivity contribution in [2.24, 2.45) is 10.9 Å². The maximum absolute atomic E-state index is 14.7. The zero-order chi connectivity index (χ0) is 19.1. The second kappa shape index (κ2) is 9.04. The van der Waals surface area contributed by atoms with Gasteiger partial charge in [0.05, 0.1) is 12.8 Å². The Balaban J connectivity index is 0.00000117. The fraction of sp³-hybridized carbons (Fsp3) is 0.286. The van der Waals surface area contributed by atoms with Crippen LogP contribution in [0, 0.1) is 5.82 Å². The predicted molar refractivity (Wildman–Crippen MR) is 104 cm³/mol. The first-order valence-electron chi connectivity index (χ1n) is 8.72. The SMILES string of the molecule is CC.COc1ccccc1-c1ccc(C(C)C2=NOC(N)=CC2)cc1F. The topological polar surface area (TPSA) is 56.8 Å². The fourth-order valence-electron chi connectivity index (χ4n) is 2.73. The zero-order valence-electron chi connectivity index (χ0n) is 15.6. The number of ether oxygens (including phenoxy) is 1. The maximum atomic E-state index is 14.7. The molecule has 2 aromatic rings. The van der Waals surface area contributed by atoms with Crippen LogP contribution in [0.3, 0.4) is 0 Å². The Kier molecular flexibility index (Phi) is 6.78. The second-order valence-electron chi connectivity index (χ2n) is 5.65. The molecule has 0 aliphatic carbocycles. The quantitative estimate of drug-likeness (QED) is 0.818. The summed E-state index contributed by atoms with van der Waals surface area (Å²) in [5, 5.41) is 4.01. The third-order valence-corrected chi connectivity index (χ3v) is 4.17. The summed E-state index contributed by atoms with van der Waals surface area (Å²) in [5.41, 5.74) is 8.42. The van der Waals surface area contributed by atoms with E-state index < -0.39 is 0 Å². The summed E-state index contributed by atoms with van der Waals surface area (Å²) < 4.78 is 20.0. The minimum absolute atomic E-state index is 0.0597. The number of oxime groups is 1. The van der Waals surface area contributed by atoms with Gasteiger partial charge in [-0.1, -0.05) is 56.3 Å². The molecule has 2 aromatic carbocycles. The van der Waals surface area contributed by atoms with Crippen LogP contribution in [0.1, 0.15) is 38.7 Å². The van der Waals surface area contributed by atoms with Crippen LogP contribution in [0.15, 0.2) is 59.6 Å². The number of para-hydroxylation sites is 1. The van der Waals surface area contributed by atoms with E-state index in [0.717, 1.165) is 16.8 Å². The van der Waals surface area contributed by atoms with Gasteiger partial charge in [0, 0.05) is 23.5 Å². The average molecular weight is 356 g/mol. The molecule has 2 N–H and O–H groups in total. The maximum Gasteiger partial charge on any atom is 0.216 e. The van der Waals surface area contributed by atoms with Crippen molar-refractivity contribution in [3.63, 3.8) is 0 Å². The van der Waals surface area contributed by atoms with Crippen LogP contribution in [0.4, 0.5) is 4.39 Å². The minimum Gasteiger partial charge on any atom is -0.496 e. The van der Waals surface area contributed by atoms with Crippen LogP contribution in [-0.2, 0) is 4.84 Å². The molecule has 3 rings (SSSR count). The molecule has 1 unspecified atom stereocenters. The largest absolute Gasteiger partial charge is 0.496 e. The molecule has 1 aliphatic rings. The number of halogens is 1. The smallest absolute Gasteiger partial charge is 0.216 e. The summed E-state index contributed by atoms with van der Waals surface area (Å²) in [6.45, 7) is 5.97. The van der Waals surface area contributed by atoms with Crippen molar-refractivity contribution in [3.05, 3.63) is 65.8 Å². The number of benzene rings is 2. The van der Waals surface area contributed by atoms with Gasteiger partial charge in [-0.3, -0.25) is 0 Å². The minimum atomic E-state index is -0.295. The Bertz CT molecular complexity index is 815. The highest BCUT2D eigenvalue weighted by molar-refractivity contribution is 5.92. The van der Waals surface area contributed by atoms with Crippen LogP contribution in [0.25, 0.3) is 11.1 Å². The van der Waals surface area contributed by atoms with Crippen molar-refractivity contribution in [1.29, 1.82) is 0 Å². The van der Waals surface area contributed by atoms with Gasteiger partial charge in [-0.15, -0.1) is 0 Å². The fourth-order valence-corrected chi connectivity index (χ4v) is 2.73. The van der Waals surface area contributed by atoms with Crippen LogP contribution in [0.5, 0.6) is 5.75 Å². The normalized spacial score (nSPS) is 14.2. The molecule has 138 valence electrons. The second-order valence-corrected chi connectivity index (χ2v) is 5.65. The third-order valence-electron chi connectivity index (χ3n) is 4.17.